The topological polar surface area (TPSA) is 127 Å². The summed E-state index contributed by atoms with van der Waals surface area (Å²) in [6, 6.07) is 8.34. The van der Waals surface area contributed by atoms with Crippen molar-refractivity contribution in [3.8, 4) is 11.5 Å². The Hall–Kier alpha value is -3.42. The number of rotatable bonds is 2. The van der Waals surface area contributed by atoms with E-state index in [2.05, 4.69) is 0 Å². The molecular formula is C14H8N2O6. The molecule has 8 heteroatoms. The van der Waals surface area contributed by atoms with Crippen molar-refractivity contribution < 1.29 is 20.1 Å². The fraction of sp³-hybridized carbons (Fsp3) is 0. The van der Waals surface area contributed by atoms with Gasteiger partial charge in [0, 0.05) is 22.2 Å². The number of phenolic OH excluding ortho intramolecular Hbond substituents is 2. The molecule has 0 radical (unpaired) electrons. The first-order valence-corrected chi connectivity index (χ1v) is 6.11. The van der Waals surface area contributed by atoms with E-state index in [4.69, 9.17) is 0 Å². The standard InChI is InChI=1S/C14H8N2O6/c17-13-7-3-1-2-4-8(7)14(18)11-9(13)5-6-10(15(19)20)12(11)16(21)22/h1-6,17-18H. The second-order valence-electron chi connectivity index (χ2n) is 4.61. The fourth-order valence-corrected chi connectivity index (χ4v) is 2.53. The molecule has 0 aliphatic heterocycles. The second-order valence-corrected chi connectivity index (χ2v) is 4.61. The number of benzene rings is 3. The summed E-state index contributed by atoms with van der Waals surface area (Å²) in [7, 11) is 0. The van der Waals surface area contributed by atoms with Crippen LogP contribution in [0.2, 0.25) is 0 Å². The molecule has 0 spiro atoms. The molecule has 3 aromatic rings. The number of phenols is 2. The Morgan fingerprint density at radius 3 is 1.91 bits per heavy atom. The lowest BCUT2D eigenvalue weighted by Gasteiger charge is -2.09. The summed E-state index contributed by atoms with van der Waals surface area (Å²) in [5.74, 6) is -0.750. The lowest BCUT2D eigenvalue weighted by atomic mass is 9.99. The summed E-state index contributed by atoms with van der Waals surface area (Å²) < 4.78 is 0. The summed E-state index contributed by atoms with van der Waals surface area (Å²) in [6.45, 7) is 0. The maximum absolute atomic E-state index is 11.2. The summed E-state index contributed by atoms with van der Waals surface area (Å²) in [5.41, 5.74) is -1.59. The number of aromatic hydroxyl groups is 2. The Morgan fingerprint density at radius 1 is 0.773 bits per heavy atom. The molecule has 0 aliphatic rings. The minimum Gasteiger partial charge on any atom is -0.507 e. The highest BCUT2D eigenvalue weighted by Crippen LogP contribution is 2.47. The average molecular weight is 300 g/mol. The van der Waals surface area contributed by atoms with Crippen molar-refractivity contribution in [3.63, 3.8) is 0 Å². The first kappa shape index (κ1) is 13.6. The van der Waals surface area contributed by atoms with Crippen LogP contribution in [0.25, 0.3) is 21.5 Å². The zero-order chi connectivity index (χ0) is 16.0. The number of nitrogens with zero attached hydrogens (tertiary/aromatic N) is 2. The molecule has 110 valence electrons. The van der Waals surface area contributed by atoms with E-state index < -0.39 is 27.0 Å². The average Bonchev–Trinajstić information content (AvgIpc) is 2.51. The van der Waals surface area contributed by atoms with E-state index in [1.807, 2.05) is 0 Å². The smallest absolute Gasteiger partial charge is 0.357 e. The van der Waals surface area contributed by atoms with Crippen molar-refractivity contribution in [2.45, 2.75) is 0 Å². The van der Waals surface area contributed by atoms with Crippen molar-refractivity contribution >= 4 is 32.9 Å². The number of fused-ring (bicyclic) bond motifs is 2. The Kier molecular flexibility index (Phi) is 2.81. The van der Waals surface area contributed by atoms with Gasteiger partial charge >= 0.3 is 11.4 Å². The Balaban J connectivity index is 2.65. The lowest BCUT2D eigenvalue weighted by Crippen LogP contribution is -1.98. The van der Waals surface area contributed by atoms with Gasteiger partial charge in [-0.1, -0.05) is 24.3 Å². The highest BCUT2D eigenvalue weighted by molar-refractivity contribution is 6.14. The highest BCUT2D eigenvalue weighted by atomic mass is 16.6. The van der Waals surface area contributed by atoms with Crippen LogP contribution in [0.1, 0.15) is 0 Å². The zero-order valence-electron chi connectivity index (χ0n) is 10.9. The third-order valence-corrected chi connectivity index (χ3v) is 3.47. The number of hydrogen-bond acceptors (Lipinski definition) is 6. The zero-order valence-corrected chi connectivity index (χ0v) is 10.9. The molecule has 0 unspecified atom stereocenters. The van der Waals surface area contributed by atoms with Crippen LogP contribution in [0.4, 0.5) is 11.4 Å². The Morgan fingerprint density at radius 2 is 1.36 bits per heavy atom. The van der Waals surface area contributed by atoms with E-state index >= 15 is 0 Å². The van der Waals surface area contributed by atoms with Crippen LogP contribution in [0.3, 0.4) is 0 Å². The van der Waals surface area contributed by atoms with Gasteiger partial charge in [0.25, 0.3) is 0 Å². The lowest BCUT2D eigenvalue weighted by molar-refractivity contribution is -0.421. The van der Waals surface area contributed by atoms with E-state index in [0.717, 1.165) is 6.07 Å². The largest absolute Gasteiger partial charge is 0.507 e. The van der Waals surface area contributed by atoms with Gasteiger partial charge in [0.15, 0.2) is 0 Å². The normalized spacial score (nSPS) is 10.9. The number of nitro benzene ring substituents is 2. The summed E-state index contributed by atoms with van der Waals surface area (Å²) in [5, 5.41) is 42.9. The van der Waals surface area contributed by atoms with Gasteiger partial charge in [-0.15, -0.1) is 0 Å². The van der Waals surface area contributed by atoms with E-state index in [1.54, 1.807) is 12.1 Å². The molecule has 0 amide bonds. The monoisotopic (exact) mass is 300 g/mol. The van der Waals surface area contributed by atoms with Gasteiger partial charge in [-0.2, -0.15) is 0 Å². The van der Waals surface area contributed by atoms with Crippen LogP contribution < -0.4 is 0 Å². The van der Waals surface area contributed by atoms with Gasteiger partial charge in [-0.25, -0.2) is 0 Å². The summed E-state index contributed by atoms with van der Waals surface area (Å²) in [6.07, 6.45) is 0. The van der Waals surface area contributed by atoms with Crippen LogP contribution in [-0.2, 0) is 0 Å². The molecule has 0 saturated carbocycles. The van der Waals surface area contributed by atoms with Crippen LogP contribution >= 0.6 is 0 Å². The van der Waals surface area contributed by atoms with Gasteiger partial charge in [-0.3, -0.25) is 20.2 Å². The van der Waals surface area contributed by atoms with Crippen LogP contribution in [0.15, 0.2) is 36.4 Å². The van der Waals surface area contributed by atoms with E-state index in [9.17, 15) is 30.4 Å². The molecular weight excluding hydrogens is 292 g/mol. The SMILES string of the molecule is O=[N+]([O-])c1ccc2c(O)c3ccccc3c(O)c2c1[N+](=O)[O-]. The van der Waals surface area contributed by atoms with Gasteiger partial charge in [0.2, 0.25) is 0 Å². The molecule has 22 heavy (non-hydrogen) atoms. The van der Waals surface area contributed by atoms with Gasteiger partial charge in [0.05, 0.1) is 9.85 Å². The molecule has 0 aliphatic carbocycles. The van der Waals surface area contributed by atoms with Crippen molar-refractivity contribution in [1.29, 1.82) is 0 Å². The molecule has 3 rings (SSSR count). The maximum atomic E-state index is 11.2. The summed E-state index contributed by atoms with van der Waals surface area (Å²) >= 11 is 0. The molecule has 3 aromatic carbocycles. The van der Waals surface area contributed by atoms with E-state index in [-0.39, 0.29) is 21.9 Å². The van der Waals surface area contributed by atoms with Gasteiger partial charge in [-0.05, 0) is 6.07 Å². The third-order valence-electron chi connectivity index (χ3n) is 3.47. The fourth-order valence-electron chi connectivity index (χ4n) is 2.53. The maximum Gasteiger partial charge on any atom is 0.357 e. The predicted octanol–water partition coefficient (Wildman–Crippen LogP) is 3.22. The second kappa shape index (κ2) is 4.55. The molecule has 0 atom stereocenters. The highest BCUT2D eigenvalue weighted by Gasteiger charge is 2.31. The Labute approximate surface area is 122 Å². The molecule has 8 nitrogen and oxygen atoms in total. The van der Waals surface area contributed by atoms with E-state index in [0.29, 0.717) is 5.39 Å². The van der Waals surface area contributed by atoms with E-state index in [1.165, 1.54) is 18.2 Å². The number of hydrogen-bond donors (Lipinski definition) is 2. The minimum absolute atomic E-state index is 0.0199. The van der Waals surface area contributed by atoms with Crippen molar-refractivity contribution in [3.05, 3.63) is 56.6 Å². The molecule has 0 aromatic heterocycles. The van der Waals surface area contributed by atoms with Gasteiger partial charge < -0.3 is 10.2 Å². The molecule has 0 saturated heterocycles. The molecule has 2 N–H and O–H groups in total. The molecule has 0 fully saturated rings. The third kappa shape index (κ3) is 1.71. The van der Waals surface area contributed by atoms with Crippen molar-refractivity contribution in [2.75, 3.05) is 0 Å². The van der Waals surface area contributed by atoms with Crippen molar-refractivity contribution in [2.24, 2.45) is 0 Å². The minimum atomic E-state index is -0.936. The Bertz CT molecular complexity index is 967. The predicted molar refractivity (Wildman–Crippen MR) is 78.1 cm³/mol. The van der Waals surface area contributed by atoms with Gasteiger partial charge in [0.1, 0.15) is 16.9 Å². The first-order chi connectivity index (χ1) is 10.4. The number of nitro groups is 2. The molecule has 0 heterocycles. The van der Waals surface area contributed by atoms with Crippen LogP contribution in [-0.4, -0.2) is 20.1 Å². The van der Waals surface area contributed by atoms with Crippen LogP contribution in [0.5, 0.6) is 11.5 Å². The summed E-state index contributed by atoms with van der Waals surface area (Å²) in [4.78, 5) is 20.4. The molecule has 0 bridgehead atoms. The van der Waals surface area contributed by atoms with Crippen molar-refractivity contribution in [1.82, 2.24) is 0 Å². The first-order valence-electron chi connectivity index (χ1n) is 6.11. The van der Waals surface area contributed by atoms with Crippen LogP contribution in [0, 0.1) is 20.2 Å². The quantitative estimate of drug-likeness (QED) is 0.324.